The summed E-state index contributed by atoms with van der Waals surface area (Å²) in [5, 5.41) is 3.92. The molecule has 182 valence electrons. The van der Waals surface area contributed by atoms with E-state index >= 15 is 0 Å². The minimum atomic E-state index is -0.605. The van der Waals surface area contributed by atoms with Gasteiger partial charge in [-0.2, -0.15) is 0 Å². The summed E-state index contributed by atoms with van der Waals surface area (Å²) in [7, 11) is 2.76. The maximum Gasteiger partial charge on any atom is 0.338 e. The van der Waals surface area contributed by atoms with Gasteiger partial charge in [0.1, 0.15) is 13.2 Å². The van der Waals surface area contributed by atoms with E-state index in [1.807, 2.05) is 42.5 Å². The van der Waals surface area contributed by atoms with Crippen LogP contribution < -0.4 is 9.47 Å². The van der Waals surface area contributed by atoms with Gasteiger partial charge in [0.05, 0.1) is 26.0 Å². The van der Waals surface area contributed by atoms with Crippen molar-refractivity contribution < 1.29 is 28.2 Å². The Morgan fingerprint density at radius 2 is 1.77 bits per heavy atom. The first kappa shape index (κ1) is 25.5. The van der Waals surface area contributed by atoms with Gasteiger partial charge in [-0.25, -0.2) is 9.18 Å². The van der Waals surface area contributed by atoms with E-state index in [-0.39, 0.29) is 18.1 Å². The molecule has 0 spiro atoms. The highest BCUT2D eigenvalue weighted by atomic mass is 19.1. The summed E-state index contributed by atoms with van der Waals surface area (Å²) in [6.45, 7) is 2.17. The van der Waals surface area contributed by atoms with Gasteiger partial charge in [-0.05, 0) is 35.7 Å². The highest BCUT2D eigenvalue weighted by molar-refractivity contribution is 6.16. The number of hydrogen-bond acceptors (Lipinski definition) is 6. The van der Waals surface area contributed by atoms with Crippen molar-refractivity contribution in [3.05, 3.63) is 101 Å². The number of esters is 1. The molecule has 0 aliphatic rings. The maximum atomic E-state index is 14.9. The van der Waals surface area contributed by atoms with Crippen LogP contribution in [0, 0.1) is 5.82 Å². The molecule has 0 bridgehead atoms. The summed E-state index contributed by atoms with van der Waals surface area (Å²) >= 11 is 0. The number of hydrogen-bond donors (Lipinski definition) is 0. The third-order valence-electron chi connectivity index (χ3n) is 5.23. The second-order valence-electron chi connectivity index (χ2n) is 7.48. The molecule has 0 unspecified atom stereocenters. The normalized spacial score (nSPS) is 11.4. The Kier molecular flexibility index (Phi) is 9.42. The van der Waals surface area contributed by atoms with Crippen molar-refractivity contribution in [1.29, 1.82) is 0 Å². The van der Waals surface area contributed by atoms with Gasteiger partial charge < -0.3 is 19.0 Å². The smallest absolute Gasteiger partial charge is 0.338 e. The molecule has 0 saturated carbocycles. The van der Waals surface area contributed by atoms with Crippen molar-refractivity contribution in [2.24, 2.45) is 5.16 Å². The molecule has 6 nitrogen and oxygen atoms in total. The topological polar surface area (TPSA) is 66.4 Å². The number of carbonyl (C=O) groups is 1. The summed E-state index contributed by atoms with van der Waals surface area (Å²) < 4.78 is 30.9. The van der Waals surface area contributed by atoms with Crippen LogP contribution in [0.4, 0.5) is 4.39 Å². The van der Waals surface area contributed by atoms with Crippen molar-refractivity contribution in [3.63, 3.8) is 0 Å². The molecule has 0 saturated heterocycles. The second-order valence-corrected chi connectivity index (χ2v) is 7.48. The maximum absolute atomic E-state index is 14.9. The van der Waals surface area contributed by atoms with Crippen LogP contribution in [0.15, 0.2) is 78.0 Å². The van der Waals surface area contributed by atoms with Crippen LogP contribution in [-0.2, 0) is 27.4 Å². The van der Waals surface area contributed by atoms with Crippen LogP contribution in [0.3, 0.4) is 0 Å². The summed E-state index contributed by atoms with van der Waals surface area (Å²) in [6, 6.07) is 20.0. The van der Waals surface area contributed by atoms with Gasteiger partial charge >= 0.3 is 5.97 Å². The molecule has 0 radical (unpaired) electrons. The van der Waals surface area contributed by atoms with E-state index in [0.717, 1.165) is 12.0 Å². The number of halogens is 1. The standard InChI is InChI=1S/C28H28FNO5/c1-4-23(28(31)33-3)24-13-9-8-12-22(24)19-34-27-25(29)16-21(17-26(27)32-2)18-30-35-15-14-20-10-6-5-7-11-20/h4-13,16-18H,14-15,19H2,1-3H3. The number of methoxy groups -OCH3 is 2. The zero-order chi connectivity index (χ0) is 25.0. The Hall–Kier alpha value is -4.13. The monoisotopic (exact) mass is 477 g/mol. The number of allylic oxidation sites excluding steroid dienone is 1. The first-order valence-corrected chi connectivity index (χ1v) is 11.1. The quantitative estimate of drug-likeness (QED) is 0.119. The Bertz CT molecular complexity index is 1190. The van der Waals surface area contributed by atoms with Gasteiger partial charge in [0.2, 0.25) is 0 Å². The summed E-state index contributed by atoms with van der Waals surface area (Å²) in [4.78, 5) is 17.4. The molecule has 3 aromatic carbocycles. The summed E-state index contributed by atoms with van der Waals surface area (Å²) in [6.07, 6.45) is 3.81. The third kappa shape index (κ3) is 6.93. The highest BCUT2D eigenvalue weighted by Crippen LogP contribution is 2.33. The zero-order valence-electron chi connectivity index (χ0n) is 20.0. The van der Waals surface area contributed by atoms with E-state index in [0.29, 0.717) is 28.9 Å². The minimum absolute atomic E-state index is 0.0216. The molecule has 0 aromatic heterocycles. The molecular formula is C28H28FNO5. The first-order chi connectivity index (χ1) is 17.1. The SMILES string of the molecule is CC=C(C(=O)OC)c1ccccc1COc1c(F)cc(C=NOCCc2ccccc2)cc1OC. The van der Waals surface area contributed by atoms with Crippen LogP contribution in [0.25, 0.3) is 5.57 Å². The number of carbonyl (C=O) groups excluding carboxylic acids is 1. The molecule has 35 heavy (non-hydrogen) atoms. The van der Waals surface area contributed by atoms with Gasteiger partial charge in [0, 0.05) is 12.0 Å². The van der Waals surface area contributed by atoms with Crippen molar-refractivity contribution in [1.82, 2.24) is 0 Å². The van der Waals surface area contributed by atoms with Crippen molar-refractivity contribution in [2.45, 2.75) is 20.0 Å². The first-order valence-electron chi connectivity index (χ1n) is 11.1. The van der Waals surface area contributed by atoms with Gasteiger partial charge in [0.15, 0.2) is 17.3 Å². The van der Waals surface area contributed by atoms with Crippen LogP contribution in [0.1, 0.15) is 29.2 Å². The Morgan fingerprint density at radius 3 is 2.49 bits per heavy atom. The minimum Gasteiger partial charge on any atom is -0.493 e. The molecule has 3 aromatic rings. The predicted octanol–water partition coefficient (Wildman–Crippen LogP) is 5.58. The van der Waals surface area contributed by atoms with Gasteiger partial charge in [-0.3, -0.25) is 0 Å². The van der Waals surface area contributed by atoms with E-state index in [4.69, 9.17) is 19.0 Å². The third-order valence-corrected chi connectivity index (χ3v) is 5.23. The molecule has 7 heteroatoms. The van der Waals surface area contributed by atoms with Crippen LogP contribution in [0.2, 0.25) is 0 Å². The van der Waals surface area contributed by atoms with Crippen molar-refractivity contribution in [2.75, 3.05) is 20.8 Å². The second kappa shape index (κ2) is 12.9. The fraction of sp³-hybridized carbons (Fsp3) is 0.214. The number of benzene rings is 3. The molecule has 0 atom stereocenters. The van der Waals surface area contributed by atoms with Gasteiger partial charge in [0.25, 0.3) is 0 Å². The largest absolute Gasteiger partial charge is 0.493 e. The van der Waals surface area contributed by atoms with Crippen molar-refractivity contribution in [3.8, 4) is 11.5 Å². The Labute approximate surface area is 204 Å². The van der Waals surface area contributed by atoms with Gasteiger partial charge in [-0.1, -0.05) is 65.8 Å². The van der Waals surface area contributed by atoms with Crippen LogP contribution in [-0.4, -0.2) is 33.0 Å². The number of nitrogens with zero attached hydrogens (tertiary/aromatic N) is 1. The van der Waals surface area contributed by atoms with E-state index in [1.165, 1.54) is 26.5 Å². The van der Waals surface area contributed by atoms with E-state index in [2.05, 4.69) is 5.16 Å². The van der Waals surface area contributed by atoms with E-state index in [9.17, 15) is 9.18 Å². The molecular weight excluding hydrogens is 449 g/mol. The number of rotatable bonds is 11. The Morgan fingerprint density at radius 1 is 1.03 bits per heavy atom. The molecule has 0 fully saturated rings. The average molecular weight is 478 g/mol. The zero-order valence-corrected chi connectivity index (χ0v) is 20.0. The van der Waals surface area contributed by atoms with E-state index in [1.54, 1.807) is 31.2 Å². The fourth-order valence-electron chi connectivity index (χ4n) is 3.47. The lowest BCUT2D eigenvalue weighted by Gasteiger charge is -2.15. The lowest BCUT2D eigenvalue weighted by Crippen LogP contribution is -2.08. The van der Waals surface area contributed by atoms with Gasteiger partial charge in [-0.15, -0.1) is 0 Å². The van der Waals surface area contributed by atoms with E-state index < -0.39 is 11.8 Å². The number of ether oxygens (including phenoxy) is 3. The Balaban J connectivity index is 1.69. The fourth-order valence-corrected chi connectivity index (χ4v) is 3.47. The number of oxime groups is 1. The molecule has 0 amide bonds. The lowest BCUT2D eigenvalue weighted by molar-refractivity contribution is -0.133. The lowest BCUT2D eigenvalue weighted by atomic mass is 10.00. The van der Waals surface area contributed by atoms with Crippen LogP contribution in [0.5, 0.6) is 11.5 Å². The summed E-state index contributed by atoms with van der Waals surface area (Å²) in [5.41, 5.74) is 3.36. The average Bonchev–Trinajstić information content (AvgIpc) is 2.89. The molecule has 0 aliphatic carbocycles. The predicted molar refractivity (Wildman–Crippen MR) is 133 cm³/mol. The molecule has 3 rings (SSSR count). The highest BCUT2D eigenvalue weighted by Gasteiger charge is 2.17. The van der Waals surface area contributed by atoms with Crippen molar-refractivity contribution >= 4 is 17.8 Å². The summed E-state index contributed by atoms with van der Waals surface area (Å²) in [5.74, 6) is -0.887. The molecule has 0 aliphatic heterocycles. The van der Waals surface area contributed by atoms with Crippen LogP contribution >= 0.6 is 0 Å². The molecule has 0 heterocycles. The molecule has 0 N–H and O–H groups in total.